The number of aldehydes is 1. The largest absolute Gasteiger partial charge is 0.303 e. The Morgan fingerprint density at radius 3 is 2.73 bits per heavy atom. The molecule has 0 unspecified atom stereocenters. The Hall–Kier alpha value is -1.34. The van der Waals surface area contributed by atoms with Gasteiger partial charge in [-0.1, -0.05) is 12.3 Å². The first-order chi connectivity index (χ1) is 7.17. The molecule has 0 spiro atoms. The van der Waals surface area contributed by atoms with Gasteiger partial charge < -0.3 is 4.79 Å². The Labute approximate surface area is 90.5 Å². The summed E-state index contributed by atoms with van der Waals surface area (Å²) in [5.41, 5.74) is 0. The van der Waals surface area contributed by atoms with Crippen molar-refractivity contribution in [3.05, 3.63) is 0 Å². The molecule has 15 heavy (non-hydrogen) atoms. The van der Waals surface area contributed by atoms with Gasteiger partial charge in [-0.25, -0.2) is 5.06 Å². The first kappa shape index (κ1) is 13.7. The van der Waals surface area contributed by atoms with Crippen LogP contribution in [-0.4, -0.2) is 31.4 Å². The maximum absolute atomic E-state index is 11.6. The fourth-order valence-electron chi connectivity index (χ4n) is 1.16. The van der Waals surface area contributed by atoms with Crippen molar-refractivity contribution in [1.82, 2.24) is 5.06 Å². The smallest absolute Gasteiger partial charge is 0.260 e. The van der Waals surface area contributed by atoms with E-state index in [9.17, 15) is 9.59 Å². The van der Waals surface area contributed by atoms with Crippen molar-refractivity contribution in [3.8, 4) is 12.3 Å². The van der Waals surface area contributed by atoms with Gasteiger partial charge in [0.25, 0.3) is 5.91 Å². The van der Waals surface area contributed by atoms with Crippen molar-refractivity contribution < 1.29 is 14.4 Å². The van der Waals surface area contributed by atoms with Crippen LogP contribution in [0.1, 0.15) is 25.7 Å². The second-order valence-corrected chi connectivity index (χ2v) is 3.19. The summed E-state index contributed by atoms with van der Waals surface area (Å²) in [5.74, 6) is 1.76. The van der Waals surface area contributed by atoms with E-state index in [1.165, 1.54) is 14.2 Å². The molecule has 0 aliphatic heterocycles. The van der Waals surface area contributed by atoms with E-state index in [0.29, 0.717) is 12.8 Å². The van der Waals surface area contributed by atoms with E-state index < -0.39 is 5.92 Å². The van der Waals surface area contributed by atoms with Crippen LogP contribution in [0.3, 0.4) is 0 Å². The number of unbranched alkanes of at least 4 members (excludes halogenated alkanes) is 2. The monoisotopic (exact) mass is 211 g/mol. The number of hydrogen-bond donors (Lipinski definition) is 0. The molecule has 4 nitrogen and oxygen atoms in total. The fraction of sp³-hybridized carbons (Fsp3) is 0.636. The van der Waals surface area contributed by atoms with Crippen LogP contribution in [0.4, 0.5) is 0 Å². The number of nitrogens with zero attached hydrogens (tertiary/aromatic N) is 1. The minimum atomic E-state index is -0.457. The molecule has 0 radical (unpaired) electrons. The average Bonchev–Trinajstić information content (AvgIpc) is 2.27. The van der Waals surface area contributed by atoms with Gasteiger partial charge in [-0.05, 0) is 12.8 Å². The molecule has 0 saturated carbocycles. The third-order valence-corrected chi connectivity index (χ3v) is 2.15. The summed E-state index contributed by atoms with van der Waals surface area (Å²) in [6, 6.07) is 0. The minimum Gasteiger partial charge on any atom is -0.303 e. The molecule has 0 fully saturated rings. The van der Waals surface area contributed by atoms with Crippen LogP contribution in [0.2, 0.25) is 0 Å². The predicted molar refractivity (Wildman–Crippen MR) is 56.6 cm³/mol. The zero-order valence-electron chi connectivity index (χ0n) is 9.23. The van der Waals surface area contributed by atoms with Gasteiger partial charge in [0.05, 0.1) is 7.11 Å². The zero-order valence-corrected chi connectivity index (χ0v) is 9.23. The Bertz CT molecular complexity index is 245. The third kappa shape index (κ3) is 5.18. The number of carbonyl (C=O) groups is 2. The summed E-state index contributed by atoms with van der Waals surface area (Å²) in [7, 11) is 2.94. The van der Waals surface area contributed by atoms with Crippen LogP contribution < -0.4 is 0 Å². The van der Waals surface area contributed by atoms with Gasteiger partial charge >= 0.3 is 0 Å². The Morgan fingerprint density at radius 2 is 2.27 bits per heavy atom. The maximum atomic E-state index is 11.6. The van der Waals surface area contributed by atoms with Crippen molar-refractivity contribution in [1.29, 1.82) is 0 Å². The zero-order chi connectivity index (χ0) is 11.7. The highest BCUT2D eigenvalue weighted by Gasteiger charge is 2.19. The standard InChI is InChI=1S/C11H17NO3/c1-4-10(8-6-5-7-9-13)11(14)12(2)15-3/h1,9-10H,5-8H2,2-3H3/t10-/m1/s1. The van der Waals surface area contributed by atoms with E-state index in [1.54, 1.807) is 0 Å². The lowest BCUT2D eigenvalue weighted by molar-refractivity contribution is -0.171. The molecule has 0 aromatic carbocycles. The maximum Gasteiger partial charge on any atom is 0.260 e. The summed E-state index contributed by atoms with van der Waals surface area (Å²) < 4.78 is 0. The highest BCUT2D eigenvalue weighted by Crippen LogP contribution is 2.11. The van der Waals surface area contributed by atoms with Crippen LogP contribution in [0.5, 0.6) is 0 Å². The summed E-state index contributed by atoms with van der Waals surface area (Å²) in [5, 5.41) is 1.13. The molecule has 0 heterocycles. The Kier molecular flexibility index (Phi) is 7.29. The lowest BCUT2D eigenvalue weighted by Gasteiger charge is -2.17. The SMILES string of the molecule is C#C[C@H](CCCCC=O)C(=O)N(C)OC. The van der Waals surface area contributed by atoms with E-state index >= 15 is 0 Å². The quantitative estimate of drug-likeness (QED) is 0.273. The number of rotatable bonds is 7. The Balaban J connectivity index is 3.97. The number of hydrogen-bond acceptors (Lipinski definition) is 3. The molecule has 0 aliphatic rings. The summed E-state index contributed by atoms with van der Waals surface area (Å²) in [6.45, 7) is 0. The minimum absolute atomic E-state index is 0.217. The van der Waals surface area contributed by atoms with Gasteiger partial charge in [-0.15, -0.1) is 6.42 Å². The van der Waals surface area contributed by atoms with Gasteiger partial charge in [0.2, 0.25) is 0 Å². The molecule has 0 bridgehead atoms. The van der Waals surface area contributed by atoms with Crippen molar-refractivity contribution in [2.75, 3.05) is 14.2 Å². The van der Waals surface area contributed by atoms with Crippen molar-refractivity contribution in [2.45, 2.75) is 25.7 Å². The van der Waals surface area contributed by atoms with E-state index in [0.717, 1.165) is 24.2 Å². The molecule has 0 rings (SSSR count). The lowest BCUT2D eigenvalue weighted by Crippen LogP contribution is -2.31. The van der Waals surface area contributed by atoms with E-state index in [1.807, 2.05) is 0 Å². The number of carbonyl (C=O) groups excluding carboxylic acids is 2. The highest BCUT2D eigenvalue weighted by molar-refractivity contribution is 5.80. The van der Waals surface area contributed by atoms with Crippen LogP contribution >= 0.6 is 0 Å². The highest BCUT2D eigenvalue weighted by atomic mass is 16.7. The normalized spacial score (nSPS) is 11.5. The van der Waals surface area contributed by atoms with E-state index in [-0.39, 0.29) is 5.91 Å². The molecule has 0 N–H and O–H groups in total. The van der Waals surface area contributed by atoms with Gasteiger partial charge in [0, 0.05) is 13.5 Å². The molecule has 0 aromatic heterocycles. The molecule has 1 atom stereocenters. The van der Waals surface area contributed by atoms with Crippen molar-refractivity contribution in [2.24, 2.45) is 5.92 Å². The first-order valence-electron chi connectivity index (χ1n) is 4.88. The topological polar surface area (TPSA) is 46.6 Å². The van der Waals surface area contributed by atoms with Gasteiger partial charge in [-0.2, -0.15) is 0 Å². The van der Waals surface area contributed by atoms with Gasteiger partial charge in [0.15, 0.2) is 0 Å². The van der Waals surface area contributed by atoms with Gasteiger partial charge in [0.1, 0.15) is 12.2 Å². The third-order valence-electron chi connectivity index (χ3n) is 2.15. The van der Waals surface area contributed by atoms with Crippen LogP contribution in [0, 0.1) is 18.3 Å². The summed E-state index contributed by atoms with van der Waals surface area (Å²) in [6.07, 6.45) is 8.79. The number of amides is 1. The molecular formula is C11H17NO3. The van der Waals surface area contributed by atoms with Crippen LogP contribution in [0.15, 0.2) is 0 Å². The molecule has 0 aliphatic carbocycles. The first-order valence-corrected chi connectivity index (χ1v) is 4.88. The van der Waals surface area contributed by atoms with Crippen molar-refractivity contribution in [3.63, 3.8) is 0 Å². The molecule has 0 aromatic rings. The fourth-order valence-corrected chi connectivity index (χ4v) is 1.16. The van der Waals surface area contributed by atoms with Gasteiger partial charge in [-0.3, -0.25) is 9.63 Å². The summed E-state index contributed by atoms with van der Waals surface area (Å²) >= 11 is 0. The molecule has 4 heteroatoms. The summed E-state index contributed by atoms with van der Waals surface area (Å²) in [4.78, 5) is 26.4. The Morgan fingerprint density at radius 1 is 1.60 bits per heavy atom. The number of hydroxylamine groups is 2. The van der Waals surface area contributed by atoms with Crippen molar-refractivity contribution >= 4 is 12.2 Å². The van der Waals surface area contributed by atoms with Crippen LogP contribution in [-0.2, 0) is 14.4 Å². The second kappa shape index (κ2) is 8.01. The molecule has 1 amide bonds. The molecule has 84 valence electrons. The molecular weight excluding hydrogens is 194 g/mol. The predicted octanol–water partition coefficient (Wildman–Crippen LogP) is 1.01. The number of terminal acetylenes is 1. The lowest BCUT2D eigenvalue weighted by atomic mass is 10.0. The van der Waals surface area contributed by atoms with E-state index in [4.69, 9.17) is 11.3 Å². The second-order valence-electron chi connectivity index (χ2n) is 3.19. The van der Waals surface area contributed by atoms with E-state index in [2.05, 4.69) is 5.92 Å². The van der Waals surface area contributed by atoms with Crippen LogP contribution in [0.25, 0.3) is 0 Å². The molecule has 0 saturated heterocycles. The average molecular weight is 211 g/mol.